The number of benzene rings is 2. The van der Waals surface area contributed by atoms with Crippen LogP contribution in [0.25, 0.3) is 0 Å². The maximum absolute atomic E-state index is 14.7. The van der Waals surface area contributed by atoms with E-state index in [4.69, 9.17) is 18.0 Å². The van der Waals surface area contributed by atoms with Crippen LogP contribution in [0, 0.1) is 18.2 Å². The molecule has 4 rings (SSSR count). The summed E-state index contributed by atoms with van der Waals surface area (Å²) in [5.41, 5.74) is -0.142. The third-order valence-corrected chi connectivity index (χ3v) is 6.09. The first-order chi connectivity index (χ1) is 14.9. The first-order valence-electron chi connectivity index (χ1n) is 9.70. The molecule has 0 unspecified atom stereocenters. The van der Waals surface area contributed by atoms with Crippen molar-refractivity contribution in [3.63, 3.8) is 0 Å². The third-order valence-electron chi connectivity index (χ3n) is 5.84. The highest BCUT2D eigenvalue weighted by molar-refractivity contribution is 6.30. The van der Waals surface area contributed by atoms with Crippen molar-refractivity contribution in [3.05, 3.63) is 64.4 Å². The maximum atomic E-state index is 14.7. The second-order valence-electron chi connectivity index (χ2n) is 7.67. The average molecular weight is 440 g/mol. The van der Waals surface area contributed by atoms with Crippen LogP contribution in [0.3, 0.4) is 0 Å². The fraction of sp³-hybridized carbons (Fsp3) is 0.261. The third kappa shape index (κ3) is 3.64. The lowest BCUT2D eigenvalue weighted by Crippen LogP contribution is -2.69. The summed E-state index contributed by atoms with van der Waals surface area (Å²) in [6.07, 6.45) is 6.25. The number of likely N-dealkylation sites (tertiary alicyclic amines) is 1. The summed E-state index contributed by atoms with van der Waals surface area (Å²) >= 11 is 5.95. The lowest BCUT2D eigenvalue weighted by atomic mass is 9.90. The van der Waals surface area contributed by atoms with Crippen molar-refractivity contribution in [1.82, 2.24) is 9.80 Å². The molecule has 158 valence electrons. The molecular formula is C23H19ClFN3O3. The first-order valence-corrected chi connectivity index (χ1v) is 10.1. The van der Waals surface area contributed by atoms with E-state index < -0.39 is 17.3 Å². The fourth-order valence-electron chi connectivity index (χ4n) is 4.23. The van der Waals surface area contributed by atoms with E-state index in [0.29, 0.717) is 23.5 Å². The Labute approximate surface area is 184 Å². The molecule has 1 atom stereocenters. The molecule has 6 nitrogen and oxygen atoms in total. The van der Waals surface area contributed by atoms with E-state index in [1.54, 1.807) is 24.3 Å². The maximum Gasteiger partial charge on any atom is 0.255 e. The zero-order chi connectivity index (χ0) is 22.2. The van der Waals surface area contributed by atoms with Crippen molar-refractivity contribution in [1.29, 1.82) is 0 Å². The van der Waals surface area contributed by atoms with Crippen molar-refractivity contribution in [2.75, 3.05) is 24.5 Å². The van der Waals surface area contributed by atoms with Gasteiger partial charge < -0.3 is 9.80 Å². The number of hydrogen-bond donors (Lipinski definition) is 0. The van der Waals surface area contributed by atoms with Crippen LogP contribution in [0.15, 0.2) is 42.5 Å². The van der Waals surface area contributed by atoms with Crippen LogP contribution in [0.2, 0.25) is 5.02 Å². The highest BCUT2D eigenvalue weighted by atomic mass is 35.5. The van der Waals surface area contributed by atoms with Gasteiger partial charge in [-0.2, -0.15) is 0 Å². The molecule has 0 bridgehead atoms. The van der Waals surface area contributed by atoms with Gasteiger partial charge in [0.1, 0.15) is 17.9 Å². The normalized spacial score (nSPS) is 21.0. The Morgan fingerprint density at radius 1 is 1.19 bits per heavy atom. The molecule has 31 heavy (non-hydrogen) atoms. The van der Waals surface area contributed by atoms with E-state index in [-0.39, 0.29) is 37.6 Å². The van der Waals surface area contributed by atoms with E-state index >= 15 is 0 Å². The van der Waals surface area contributed by atoms with Gasteiger partial charge in [-0.3, -0.25) is 19.3 Å². The van der Waals surface area contributed by atoms with Crippen molar-refractivity contribution in [3.8, 4) is 12.3 Å². The Hall–Kier alpha value is -3.37. The number of nitrogens with zero attached hydrogens (tertiary/aromatic N) is 3. The Kier molecular flexibility index (Phi) is 5.42. The molecular weight excluding hydrogens is 421 g/mol. The minimum atomic E-state index is -1.27. The molecule has 2 aromatic carbocycles. The first kappa shape index (κ1) is 20.9. The average Bonchev–Trinajstić information content (AvgIpc) is 3.21. The van der Waals surface area contributed by atoms with Crippen molar-refractivity contribution in [2.24, 2.45) is 0 Å². The zero-order valence-electron chi connectivity index (χ0n) is 16.6. The number of amides is 3. The summed E-state index contributed by atoms with van der Waals surface area (Å²) in [5, 5.41) is 0.560. The largest absolute Gasteiger partial charge is 0.342 e. The van der Waals surface area contributed by atoms with Crippen LogP contribution in [-0.2, 0) is 20.9 Å². The molecule has 0 aromatic heterocycles. The van der Waals surface area contributed by atoms with E-state index in [1.165, 1.54) is 21.9 Å². The van der Waals surface area contributed by atoms with E-state index in [1.807, 2.05) is 0 Å². The number of halogens is 2. The van der Waals surface area contributed by atoms with Gasteiger partial charge >= 0.3 is 0 Å². The molecule has 2 aliphatic rings. The predicted octanol–water partition coefficient (Wildman–Crippen LogP) is 2.44. The molecule has 2 heterocycles. The number of hydrogen-bond acceptors (Lipinski definition) is 3. The lowest BCUT2D eigenvalue weighted by Gasteiger charge is -2.47. The number of rotatable bonds is 4. The van der Waals surface area contributed by atoms with Gasteiger partial charge in [0.25, 0.3) is 5.91 Å². The molecule has 2 fully saturated rings. The van der Waals surface area contributed by atoms with E-state index in [0.717, 1.165) is 16.5 Å². The van der Waals surface area contributed by atoms with Crippen LogP contribution in [-0.4, -0.2) is 53.2 Å². The molecule has 3 amide bonds. The Balaban J connectivity index is 1.73. The Morgan fingerprint density at radius 3 is 2.55 bits per heavy atom. The number of carbonyl (C=O) groups is 3. The molecule has 8 heteroatoms. The highest BCUT2D eigenvalue weighted by Crippen LogP contribution is 2.37. The smallest absolute Gasteiger partial charge is 0.255 e. The van der Waals surface area contributed by atoms with Gasteiger partial charge in [-0.15, -0.1) is 6.42 Å². The molecule has 0 aliphatic carbocycles. The molecule has 0 saturated carbocycles. The Bertz CT molecular complexity index is 1100. The van der Waals surface area contributed by atoms with Gasteiger partial charge in [0, 0.05) is 23.7 Å². The SMILES string of the molecule is C#Cc1ccc(N2CC(=O)N(Cc3ccc(Cl)cc3)[C@]3(CCN(C=O)C3)C2=O)c(F)c1. The minimum absolute atomic E-state index is 0.00702. The van der Waals surface area contributed by atoms with Crippen molar-refractivity contribution < 1.29 is 18.8 Å². The quantitative estimate of drug-likeness (QED) is 0.543. The molecule has 2 aliphatic heterocycles. The summed E-state index contributed by atoms with van der Waals surface area (Å²) < 4.78 is 14.7. The lowest BCUT2D eigenvalue weighted by molar-refractivity contribution is -0.151. The molecule has 1 spiro atoms. The molecule has 2 aromatic rings. The summed E-state index contributed by atoms with van der Waals surface area (Å²) in [4.78, 5) is 42.4. The second-order valence-corrected chi connectivity index (χ2v) is 8.10. The standard InChI is InChI=1S/C23H19ClFN3O3/c1-2-16-5-8-20(19(25)11-16)27-13-21(30)28(12-17-3-6-18(24)7-4-17)23(22(27)31)9-10-26(14-23)15-29/h1,3-8,11,15H,9-10,12-14H2/t23-/m0/s1. The molecule has 0 radical (unpaired) electrons. The number of piperazine rings is 1. The minimum Gasteiger partial charge on any atom is -0.342 e. The predicted molar refractivity (Wildman–Crippen MR) is 114 cm³/mol. The number of carbonyl (C=O) groups excluding carboxylic acids is 3. The van der Waals surface area contributed by atoms with Gasteiger partial charge in [-0.1, -0.05) is 29.7 Å². The zero-order valence-corrected chi connectivity index (χ0v) is 17.3. The van der Waals surface area contributed by atoms with Crippen molar-refractivity contribution >= 4 is 35.5 Å². The van der Waals surface area contributed by atoms with E-state index in [9.17, 15) is 18.8 Å². The van der Waals surface area contributed by atoms with Crippen LogP contribution >= 0.6 is 11.6 Å². The number of terminal acetylenes is 1. The van der Waals surface area contributed by atoms with Gasteiger partial charge in [-0.25, -0.2) is 4.39 Å². The second kappa shape index (κ2) is 8.05. The van der Waals surface area contributed by atoms with Crippen molar-refractivity contribution in [2.45, 2.75) is 18.5 Å². The fourth-order valence-corrected chi connectivity index (χ4v) is 4.35. The van der Waals surface area contributed by atoms with E-state index in [2.05, 4.69) is 5.92 Å². The number of anilines is 1. The monoisotopic (exact) mass is 439 g/mol. The summed E-state index contributed by atoms with van der Waals surface area (Å²) in [7, 11) is 0. The van der Waals surface area contributed by atoms with Crippen LogP contribution < -0.4 is 4.90 Å². The van der Waals surface area contributed by atoms with Crippen LogP contribution in [0.1, 0.15) is 17.5 Å². The topological polar surface area (TPSA) is 60.9 Å². The van der Waals surface area contributed by atoms with Gasteiger partial charge in [0.2, 0.25) is 12.3 Å². The van der Waals surface area contributed by atoms with Gasteiger partial charge in [0.15, 0.2) is 0 Å². The molecule has 0 N–H and O–H groups in total. The summed E-state index contributed by atoms with van der Waals surface area (Å²) in [6, 6.07) is 11.1. The van der Waals surface area contributed by atoms with Crippen LogP contribution in [0.5, 0.6) is 0 Å². The van der Waals surface area contributed by atoms with Gasteiger partial charge in [0.05, 0.1) is 12.2 Å². The highest BCUT2D eigenvalue weighted by Gasteiger charge is 2.56. The van der Waals surface area contributed by atoms with Crippen LogP contribution in [0.4, 0.5) is 10.1 Å². The molecule has 2 saturated heterocycles. The summed E-state index contributed by atoms with van der Waals surface area (Å²) in [5.74, 6) is 0.917. The summed E-state index contributed by atoms with van der Waals surface area (Å²) in [6.45, 7) is 0.254. The van der Waals surface area contributed by atoms with Gasteiger partial charge in [-0.05, 0) is 42.3 Å². The Morgan fingerprint density at radius 2 is 1.94 bits per heavy atom.